The van der Waals surface area contributed by atoms with Crippen molar-refractivity contribution < 1.29 is 22.7 Å². The normalized spacial score (nSPS) is 11.7. The highest BCUT2D eigenvalue weighted by atomic mass is 19.4. The summed E-state index contributed by atoms with van der Waals surface area (Å²) in [7, 11) is 0. The minimum Gasteiger partial charge on any atom is -0.364 e. The van der Waals surface area contributed by atoms with Gasteiger partial charge in [0.15, 0.2) is 5.78 Å². The third-order valence-electron chi connectivity index (χ3n) is 2.48. The molecule has 3 nitrogen and oxygen atoms in total. The number of hydrogen-bond donors (Lipinski definition) is 0. The first-order valence-corrected chi connectivity index (χ1v) is 5.48. The van der Waals surface area contributed by atoms with Crippen LogP contribution in [0.1, 0.15) is 10.4 Å². The van der Waals surface area contributed by atoms with Gasteiger partial charge in [0, 0.05) is 23.3 Å². The quantitative estimate of drug-likeness (QED) is 0.801. The minimum atomic E-state index is -4.43. The third-order valence-corrected chi connectivity index (χ3v) is 2.48. The molecule has 0 spiro atoms. The Labute approximate surface area is 107 Å². The average Bonchev–Trinajstić information content (AvgIpc) is 2.36. The standard InChI is InChI=1S/C13H10F3NO2/c14-13(15,16)8-19-7-12(18)11-3-1-2-9-6-17-5-4-10(9)11/h1-6H,7-8H2. The molecular formula is C13H10F3NO2. The fraction of sp³-hybridized carbons (Fsp3) is 0.231. The lowest BCUT2D eigenvalue weighted by Crippen LogP contribution is -2.20. The first kappa shape index (κ1) is 13.5. The number of fused-ring (bicyclic) bond motifs is 1. The number of alkyl halides is 3. The number of carbonyl (C=O) groups excluding carboxylic acids is 1. The second-order valence-electron chi connectivity index (χ2n) is 3.93. The molecule has 0 fully saturated rings. The van der Waals surface area contributed by atoms with Crippen molar-refractivity contribution >= 4 is 16.6 Å². The number of pyridine rings is 1. The molecule has 0 N–H and O–H groups in total. The molecule has 0 bridgehead atoms. The molecule has 0 atom stereocenters. The summed E-state index contributed by atoms with van der Waals surface area (Å²) < 4.78 is 40.1. The van der Waals surface area contributed by atoms with E-state index in [2.05, 4.69) is 9.72 Å². The molecule has 0 unspecified atom stereocenters. The van der Waals surface area contributed by atoms with Crippen molar-refractivity contribution in [3.63, 3.8) is 0 Å². The first-order valence-electron chi connectivity index (χ1n) is 5.48. The van der Waals surface area contributed by atoms with E-state index < -0.39 is 25.2 Å². The molecule has 0 saturated carbocycles. The second-order valence-corrected chi connectivity index (χ2v) is 3.93. The Hall–Kier alpha value is -1.95. The van der Waals surface area contributed by atoms with Gasteiger partial charge in [0.2, 0.25) is 0 Å². The van der Waals surface area contributed by atoms with E-state index in [9.17, 15) is 18.0 Å². The number of halogens is 3. The molecule has 1 aromatic carbocycles. The van der Waals surface area contributed by atoms with Crippen molar-refractivity contribution in [2.75, 3.05) is 13.2 Å². The Bertz CT molecular complexity index is 590. The number of carbonyl (C=O) groups is 1. The van der Waals surface area contributed by atoms with E-state index >= 15 is 0 Å². The summed E-state index contributed by atoms with van der Waals surface area (Å²) in [5.41, 5.74) is 0.335. The van der Waals surface area contributed by atoms with E-state index in [0.29, 0.717) is 10.9 Å². The van der Waals surface area contributed by atoms with Crippen LogP contribution in [0.4, 0.5) is 13.2 Å². The van der Waals surface area contributed by atoms with Crippen LogP contribution >= 0.6 is 0 Å². The van der Waals surface area contributed by atoms with E-state index in [1.54, 1.807) is 30.5 Å². The van der Waals surface area contributed by atoms with Crippen LogP contribution < -0.4 is 0 Å². The lowest BCUT2D eigenvalue weighted by molar-refractivity contribution is -0.170. The van der Waals surface area contributed by atoms with Crippen molar-refractivity contribution in [1.29, 1.82) is 0 Å². The van der Waals surface area contributed by atoms with Gasteiger partial charge in [0.25, 0.3) is 0 Å². The highest BCUT2D eigenvalue weighted by Crippen LogP contribution is 2.19. The van der Waals surface area contributed by atoms with Crippen LogP contribution in [0.5, 0.6) is 0 Å². The molecule has 0 radical (unpaired) electrons. The maximum atomic E-state index is 11.9. The van der Waals surface area contributed by atoms with Gasteiger partial charge in [-0.25, -0.2) is 0 Å². The molecule has 6 heteroatoms. The Morgan fingerprint density at radius 2 is 2.05 bits per heavy atom. The van der Waals surface area contributed by atoms with Gasteiger partial charge in [-0.1, -0.05) is 18.2 Å². The van der Waals surface area contributed by atoms with Crippen molar-refractivity contribution in [3.05, 3.63) is 42.2 Å². The van der Waals surface area contributed by atoms with E-state index in [4.69, 9.17) is 0 Å². The fourth-order valence-electron chi connectivity index (χ4n) is 1.70. The second kappa shape index (κ2) is 5.36. The fourth-order valence-corrected chi connectivity index (χ4v) is 1.70. The minimum absolute atomic E-state index is 0.335. The number of Topliss-reactive ketones (excluding diaryl/α,β-unsaturated/α-hetero) is 1. The maximum Gasteiger partial charge on any atom is 0.411 e. The summed E-state index contributed by atoms with van der Waals surface area (Å²) in [6.07, 6.45) is -1.32. The summed E-state index contributed by atoms with van der Waals surface area (Å²) in [5.74, 6) is -0.485. The zero-order valence-electron chi connectivity index (χ0n) is 9.78. The molecule has 0 amide bonds. The molecule has 0 saturated heterocycles. The zero-order valence-corrected chi connectivity index (χ0v) is 9.78. The molecule has 2 rings (SSSR count). The highest BCUT2D eigenvalue weighted by molar-refractivity contribution is 6.08. The van der Waals surface area contributed by atoms with Crippen molar-refractivity contribution in [2.24, 2.45) is 0 Å². The van der Waals surface area contributed by atoms with Crippen LogP contribution in [0.3, 0.4) is 0 Å². The number of nitrogens with zero attached hydrogens (tertiary/aromatic N) is 1. The lowest BCUT2D eigenvalue weighted by atomic mass is 10.0. The average molecular weight is 269 g/mol. The molecule has 0 aliphatic rings. The molecule has 0 aliphatic carbocycles. The van der Waals surface area contributed by atoms with E-state index in [0.717, 1.165) is 5.39 Å². The van der Waals surface area contributed by atoms with Gasteiger partial charge < -0.3 is 4.74 Å². The number of aromatic nitrogens is 1. The molecular weight excluding hydrogens is 259 g/mol. The van der Waals surface area contributed by atoms with E-state index in [1.807, 2.05) is 0 Å². The Balaban J connectivity index is 2.14. The highest BCUT2D eigenvalue weighted by Gasteiger charge is 2.27. The Kier molecular flexibility index (Phi) is 3.80. The topological polar surface area (TPSA) is 39.2 Å². The molecule has 0 aliphatic heterocycles. The molecule has 100 valence electrons. The zero-order chi connectivity index (χ0) is 13.9. The lowest BCUT2D eigenvalue weighted by Gasteiger charge is -2.08. The maximum absolute atomic E-state index is 11.9. The molecule has 1 heterocycles. The van der Waals surface area contributed by atoms with Crippen LogP contribution in [0.2, 0.25) is 0 Å². The van der Waals surface area contributed by atoms with Crippen LogP contribution in [0, 0.1) is 0 Å². The Morgan fingerprint density at radius 3 is 2.79 bits per heavy atom. The number of ether oxygens (including phenoxy) is 1. The van der Waals surface area contributed by atoms with Crippen LogP contribution in [-0.4, -0.2) is 30.2 Å². The van der Waals surface area contributed by atoms with E-state index in [-0.39, 0.29) is 0 Å². The molecule has 19 heavy (non-hydrogen) atoms. The van der Waals surface area contributed by atoms with Crippen molar-refractivity contribution in [1.82, 2.24) is 4.98 Å². The Morgan fingerprint density at radius 1 is 1.26 bits per heavy atom. The number of rotatable bonds is 4. The van der Waals surface area contributed by atoms with Gasteiger partial charge in [0.1, 0.15) is 13.2 Å². The first-order chi connectivity index (χ1) is 8.97. The number of hydrogen-bond acceptors (Lipinski definition) is 3. The summed E-state index contributed by atoms with van der Waals surface area (Å²) in [5, 5.41) is 1.40. The SMILES string of the molecule is O=C(COCC(F)(F)F)c1cccc2cnccc12. The van der Waals surface area contributed by atoms with Crippen LogP contribution in [-0.2, 0) is 4.74 Å². The van der Waals surface area contributed by atoms with E-state index in [1.165, 1.54) is 6.20 Å². The van der Waals surface area contributed by atoms with Crippen molar-refractivity contribution in [2.45, 2.75) is 6.18 Å². The van der Waals surface area contributed by atoms with Crippen LogP contribution in [0.15, 0.2) is 36.7 Å². The summed E-state index contributed by atoms with van der Waals surface area (Å²) in [6.45, 7) is -2.02. The van der Waals surface area contributed by atoms with Gasteiger partial charge in [0.05, 0.1) is 0 Å². The summed E-state index contributed by atoms with van der Waals surface area (Å²) >= 11 is 0. The molecule has 2 aromatic rings. The van der Waals surface area contributed by atoms with Gasteiger partial charge in [-0.2, -0.15) is 13.2 Å². The van der Waals surface area contributed by atoms with Crippen molar-refractivity contribution in [3.8, 4) is 0 Å². The summed E-state index contributed by atoms with van der Waals surface area (Å²) in [4.78, 5) is 15.7. The predicted molar refractivity (Wildman–Crippen MR) is 62.9 cm³/mol. The molecule has 1 aromatic heterocycles. The predicted octanol–water partition coefficient (Wildman–Crippen LogP) is 3.00. The largest absolute Gasteiger partial charge is 0.411 e. The third kappa shape index (κ3) is 3.51. The van der Waals surface area contributed by atoms with Crippen LogP contribution in [0.25, 0.3) is 10.8 Å². The monoisotopic (exact) mass is 269 g/mol. The van der Waals surface area contributed by atoms with Gasteiger partial charge in [-0.15, -0.1) is 0 Å². The van der Waals surface area contributed by atoms with Gasteiger partial charge >= 0.3 is 6.18 Å². The number of ketones is 1. The smallest absolute Gasteiger partial charge is 0.364 e. The van der Waals surface area contributed by atoms with Gasteiger partial charge in [-0.05, 0) is 11.5 Å². The summed E-state index contributed by atoms with van der Waals surface area (Å²) in [6, 6.07) is 6.63. The van der Waals surface area contributed by atoms with Gasteiger partial charge in [-0.3, -0.25) is 9.78 Å². The number of benzene rings is 1.